The minimum absolute atomic E-state index is 0.535. The molecule has 28 heavy (non-hydrogen) atoms. The molecule has 3 aliphatic rings. The molecule has 3 atom stereocenters. The van der Waals surface area contributed by atoms with Crippen molar-refractivity contribution in [3.05, 3.63) is 0 Å². The molecule has 0 aliphatic heterocycles. The van der Waals surface area contributed by atoms with Crippen LogP contribution in [0.15, 0.2) is 0 Å². The highest BCUT2D eigenvalue weighted by molar-refractivity contribution is 5.39. The van der Waals surface area contributed by atoms with E-state index in [1.54, 1.807) is 0 Å². The molecule has 0 bridgehead atoms. The van der Waals surface area contributed by atoms with Gasteiger partial charge in [-0.15, -0.1) is 0 Å². The van der Waals surface area contributed by atoms with E-state index in [-0.39, 0.29) is 0 Å². The van der Waals surface area contributed by atoms with Crippen LogP contribution in [0.4, 0.5) is 65.9 Å². The molecule has 3 saturated carbocycles. The van der Waals surface area contributed by atoms with E-state index < -0.39 is 53.5 Å². The molecule has 3 aliphatic carbocycles. The second-order valence-corrected chi connectivity index (χ2v) is 6.66. The highest BCUT2D eigenvalue weighted by atomic mass is 19.4. The van der Waals surface area contributed by atoms with Crippen LogP contribution in [-0.2, 0) is 0 Å². The van der Waals surface area contributed by atoms with Crippen molar-refractivity contribution in [2.45, 2.75) is 74.3 Å². The third-order valence-electron chi connectivity index (χ3n) is 4.30. The molecule has 0 saturated heterocycles. The average molecular weight is 452 g/mol. The number of rotatable bonds is 0. The number of hydrogen-bond donors (Lipinski definition) is 0. The summed E-state index contributed by atoms with van der Waals surface area (Å²) in [4.78, 5) is 0. The summed E-state index contributed by atoms with van der Waals surface area (Å²) >= 11 is 0. The first-order valence-electron chi connectivity index (χ1n) is 7.29. The summed E-state index contributed by atoms with van der Waals surface area (Å²) in [6, 6.07) is 0. The fourth-order valence-electron chi connectivity index (χ4n) is 1.87. The van der Waals surface area contributed by atoms with Gasteiger partial charge in [0.05, 0.1) is 0 Å². The van der Waals surface area contributed by atoms with Gasteiger partial charge < -0.3 is 0 Å². The predicted molar refractivity (Wildman–Crippen MR) is 62.3 cm³/mol. The van der Waals surface area contributed by atoms with Crippen molar-refractivity contribution < 1.29 is 65.9 Å². The molecule has 3 unspecified atom stereocenters. The lowest BCUT2D eigenvalue weighted by atomic mass is 10.1. The highest BCUT2D eigenvalue weighted by Crippen LogP contribution is 2.77. The van der Waals surface area contributed by atoms with Crippen LogP contribution in [0.25, 0.3) is 0 Å². The van der Waals surface area contributed by atoms with Gasteiger partial charge in [-0.25, -0.2) is 17.6 Å². The Morgan fingerprint density at radius 2 is 0.786 bits per heavy atom. The van der Waals surface area contributed by atoms with E-state index in [0.717, 1.165) is 0 Å². The summed E-state index contributed by atoms with van der Waals surface area (Å²) in [6.45, 7) is 0.535. The van der Waals surface area contributed by atoms with Gasteiger partial charge in [0.15, 0.2) is 0 Å². The topological polar surface area (TPSA) is 0 Å². The zero-order chi connectivity index (χ0) is 22.8. The minimum atomic E-state index is -6.64. The highest BCUT2D eigenvalue weighted by Gasteiger charge is 3.12. The first-order chi connectivity index (χ1) is 12.0. The SMILES string of the molecule is C1CC1.CC1(C(F)(F)F)CC1(F)F.FC(F)(F)C1(F)C(F)(F)C1(F)C(F)(F)F. The molecule has 168 valence electrons. The smallest absolute Gasteiger partial charge is 0.222 e. The molecule has 0 aromatic heterocycles. The van der Waals surface area contributed by atoms with Gasteiger partial charge in [0.2, 0.25) is 0 Å². The van der Waals surface area contributed by atoms with Crippen LogP contribution in [-0.4, -0.2) is 41.7 Å². The van der Waals surface area contributed by atoms with Crippen molar-refractivity contribution in [1.82, 2.24) is 0 Å². The Kier molecular flexibility index (Phi) is 5.55. The standard InChI is InChI=1S/C5F10.C5H5F5.C3H6/c6-1(4(10,11)12)2(7,3(1,8)9)5(13,14)15;1-3(5(8,9)10)2-4(3,6)7;1-2-3-1/h;2H2,1H3;1-3H2. The summed E-state index contributed by atoms with van der Waals surface area (Å²) in [7, 11) is 0. The normalized spacial score (nSPS) is 37.7. The largest absolute Gasteiger partial charge is 0.432 e. The third-order valence-corrected chi connectivity index (χ3v) is 4.30. The van der Waals surface area contributed by atoms with E-state index in [2.05, 4.69) is 0 Å². The molecule has 0 radical (unpaired) electrons. The molecular weight excluding hydrogens is 441 g/mol. The summed E-state index contributed by atoms with van der Waals surface area (Å²) in [5, 5.41) is 0. The Morgan fingerprint density at radius 3 is 0.821 bits per heavy atom. The van der Waals surface area contributed by atoms with Crippen LogP contribution in [0.1, 0.15) is 32.6 Å². The maximum Gasteiger partial charge on any atom is 0.432 e. The van der Waals surface area contributed by atoms with Gasteiger partial charge >= 0.3 is 35.8 Å². The first-order valence-corrected chi connectivity index (χ1v) is 7.29. The monoisotopic (exact) mass is 452 g/mol. The summed E-state index contributed by atoms with van der Waals surface area (Å²) in [5.41, 5.74) is -15.2. The zero-order valence-electron chi connectivity index (χ0n) is 13.5. The molecule has 0 amide bonds. The van der Waals surface area contributed by atoms with Crippen LogP contribution >= 0.6 is 0 Å². The number of halogens is 15. The minimum Gasteiger partial charge on any atom is -0.222 e. The summed E-state index contributed by atoms with van der Waals surface area (Å²) < 4.78 is 177. The Morgan fingerprint density at radius 1 is 0.536 bits per heavy atom. The average Bonchev–Trinajstić information content (AvgIpc) is 3.35. The van der Waals surface area contributed by atoms with Crippen LogP contribution in [0.2, 0.25) is 0 Å². The van der Waals surface area contributed by atoms with E-state index >= 15 is 0 Å². The van der Waals surface area contributed by atoms with Crippen molar-refractivity contribution in [2.75, 3.05) is 0 Å². The van der Waals surface area contributed by atoms with Crippen molar-refractivity contribution in [1.29, 1.82) is 0 Å². The molecule has 0 aromatic carbocycles. The molecule has 0 N–H and O–H groups in total. The zero-order valence-corrected chi connectivity index (χ0v) is 13.5. The van der Waals surface area contributed by atoms with Gasteiger partial charge in [-0.3, -0.25) is 0 Å². The van der Waals surface area contributed by atoms with Crippen LogP contribution < -0.4 is 0 Å². The Labute approximate surface area is 147 Å². The van der Waals surface area contributed by atoms with Gasteiger partial charge in [0.25, 0.3) is 5.92 Å². The van der Waals surface area contributed by atoms with Gasteiger partial charge in [-0.05, 0) is 6.92 Å². The van der Waals surface area contributed by atoms with Gasteiger partial charge in [-0.1, -0.05) is 19.3 Å². The van der Waals surface area contributed by atoms with Gasteiger partial charge in [-0.2, -0.15) is 48.3 Å². The second kappa shape index (κ2) is 6.22. The Hall–Kier alpha value is -1.05. The fourth-order valence-corrected chi connectivity index (χ4v) is 1.87. The van der Waals surface area contributed by atoms with Crippen LogP contribution in [0, 0.1) is 5.41 Å². The maximum atomic E-state index is 12.4. The number of hydrogen-bond acceptors (Lipinski definition) is 0. The maximum absolute atomic E-state index is 12.4. The van der Waals surface area contributed by atoms with E-state index in [0.29, 0.717) is 6.92 Å². The van der Waals surface area contributed by atoms with Crippen molar-refractivity contribution in [3.8, 4) is 0 Å². The molecule has 3 rings (SSSR count). The first kappa shape index (κ1) is 25.0. The molecule has 15 heteroatoms. The van der Waals surface area contributed by atoms with Crippen molar-refractivity contribution >= 4 is 0 Å². The van der Waals surface area contributed by atoms with Crippen molar-refractivity contribution in [3.63, 3.8) is 0 Å². The lowest BCUT2D eigenvalue weighted by Crippen LogP contribution is -2.42. The Bertz CT molecular complexity index is 551. The summed E-state index contributed by atoms with van der Waals surface area (Å²) in [6.07, 6.45) is -14.6. The molecular formula is C13H11F15. The van der Waals surface area contributed by atoms with Crippen molar-refractivity contribution in [2.24, 2.45) is 5.41 Å². The third kappa shape index (κ3) is 3.39. The lowest BCUT2D eigenvalue weighted by molar-refractivity contribution is -0.258. The van der Waals surface area contributed by atoms with Gasteiger partial charge in [0, 0.05) is 6.42 Å². The van der Waals surface area contributed by atoms with E-state index in [1.165, 1.54) is 19.3 Å². The molecule has 0 heterocycles. The number of alkyl halides is 15. The molecule has 0 aromatic rings. The summed E-state index contributed by atoms with van der Waals surface area (Å²) in [5.74, 6) is -9.69. The molecule has 3 fully saturated rings. The Balaban J connectivity index is 0.000000256. The van der Waals surface area contributed by atoms with E-state index in [9.17, 15) is 65.9 Å². The molecule has 0 spiro atoms. The second-order valence-electron chi connectivity index (χ2n) is 6.66. The fraction of sp³-hybridized carbons (Fsp3) is 1.00. The van der Waals surface area contributed by atoms with Gasteiger partial charge in [0.1, 0.15) is 5.41 Å². The van der Waals surface area contributed by atoms with E-state index in [1.807, 2.05) is 0 Å². The van der Waals surface area contributed by atoms with Crippen LogP contribution in [0.3, 0.4) is 0 Å². The quantitative estimate of drug-likeness (QED) is 0.350. The lowest BCUT2D eigenvalue weighted by Gasteiger charge is -2.14. The predicted octanol–water partition coefficient (Wildman–Crippen LogP) is 6.94. The van der Waals surface area contributed by atoms with Crippen LogP contribution in [0.5, 0.6) is 0 Å². The molecule has 0 nitrogen and oxygen atoms in total. The van der Waals surface area contributed by atoms with E-state index in [4.69, 9.17) is 0 Å².